The lowest BCUT2D eigenvalue weighted by molar-refractivity contribution is 0.290. The van der Waals surface area contributed by atoms with Gasteiger partial charge >= 0.3 is 0 Å². The Bertz CT molecular complexity index is 415. The van der Waals surface area contributed by atoms with Gasteiger partial charge in [-0.2, -0.15) is 0 Å². The third-order valence-corrected chi connectivity index (χ3v) is 4.12. The smallest absolute Gasteiger partial charge is 0.165 e. The molecule has 0 aromatic heterocycles. The molecule has 3 heteroatoms. The first-order valence-electron chi connectivity index (χ1n) is 7.52. The van der Waals surface area contributed by atoms with E-state index in [-0.39, 0.29) is 0 Å². The van der Waals surface area contributed by atoms with Crippen LogP contribution in [0.3, 0.4) is 0 Å². The zero-order valence-corrected chi connectivity index (χ0v) is 11.5. The molecule has 0 saturated heterocycles. The number of benzene rings is 1. The second-order valence-electron chi connectivity index (χ2n) is 5.56. The molecule has 1 aromatic rings. The Labute approximate surface area is 115 Å². The van der Waals surface area contributed by atoms with Crippen molar-refractivity contribution < 1.29 is 9.47 Å². The van der Waals surface area contributed by atoms with E-state index >= 15 is 0 Å². The molecule has 3 nitrogen and oxygen atoms in total. The maximum Gasteiger partial charge on any atom is 0.165 e. The summed E-state index contributed by atoms with van der Waals surface area (Å²) in [5, 5.41) is 3.54. The van der Waals surface area contributed by atoms with Gasteiger partial charge in [0.15, 0.2) is 11.5 Å². The largest absolute Gasteiger partial charge is 0.490 e. The fraction of sp³-hybridized carbons (Fsp3) is 0.625. The van der Waals surface area contributed by atoms with Gasteiger partial charge in [-0.05, 0) is 24.9 Å². The summed E-state index contributed by atoms with van der Waals surface area (Å²) in [5.74, 6) is 2.81. The van der Waals surface area contributed by atoms with Crippen LogP contribution < -0.4 is 14.8 Å². The highest BCUT2D eigenvalue weighted by Gasteiger charge is 2.17. The van der Waals surface area contributed by atoms with Crippen molar-refractivity contribution >= 4 is 0 Å². The van der Waals surface area contributed by atoms with Crippen LogP contribution >= 0.6 is 0 Å². The monoisotopic (exact) mass is 261 g/mol. The summed E-state index contributed by atoms with van der Waals surface area (Å²) >= 11 is 0. The molecule has 1 heterocycles. The summed E-state index contributed by atoms with van der Waals surface area (Å²) in [6.07, 6.45) is 6.57. The van der Waals surface area contributed by atoms with Gasteiger partial charge in [0.1, 0.15) is 0 Å². The number of hydrogen-bond donors (Lipinski definition) is 1. The molecule has 1 saturated carbocycles. The average molecular weight is 261 g/mol. The first kappa shape index (κ1) is 12.8. The molecule has 104 valence electrons. The minimum Gasteiger partial charge on any atom is -0.490 e. The second-order valence-corrected chi connectivity index (χ2v) is 5.56. The van der Waals surface area contributed by atoms with E-state index in [2.05, 4.69) is 17.4 Å². The Hall–Kier alpha value is -1.22. The summed E-state index contributed by atoms with van der Waals surface area (Å²) in [5.41, 5.74) is 1.22. The Morgan fingerprint density at radius 3 is 2.84 bits per heavy atom. The maximum atomic E-state index is 5.83. The van der Waals surface area contributed by atoms with Gasteiger partial charge in [-0.3, -0.25) is 0 Å². The number of ether oxygens (including phenoxy) is 2. The molecular weight excluding hydrogens is 238 g/mol. The highest BCUT2D eigenvalue weighted by atomic mass is 16.5. The Kier molecular flexibility index (Phi) is 4.23. The van der Waals surface area contributed by atoms with E-state index in [1.807, 2.05) is 6.07 Å². The lowest BCUT2D eigenvalue weighted by atomic mass is 9.83. The number of rotatable bonds is 5. The summed E-state index contributed by atoms with van der Waals surface area (Å²) in [4.78, 5) is 0. The van der Waals surface area contributed by atoms with Crippen molar-refractivity contribution in [3.8, 4) is 11.5 Å². The molecule has 1 fully saturated rings. The van der Waals surface area contributed by atoms with Crippen molar-refractivity contribution in [2.45, 2.75) is 38.6 Å². The third-order valence-electron chi connectivity index (χ3n) is 4.12. The minimum absolute atomic E-state index is 0.756. The molecule has 3 rings (SSSR count). The number of hydrogen-bond acceptors (Lipinski definition) is 3. The van der Waals surface area contributed by atoms with Crippen LogP contribution in [0.1, 0.15) is 37.7 Å². The van der Waals surface area contributed by atoms with Crippen LogP contribution in [0.2, 0.25) is 0 Å². The van der Waals surface area contributed by atoms with E-state index in [4.69, 9.17) is 9.47 Å². The van der Waals surface area contributed by atoms with Crippen molar-refractivity contribution in [3.05, 3.63) is 23.8 Å². The Morgan fingerprint density at radius 2 is 2.00 bits per heavy atom. The van der Waals surface area contributed by atoms with Crippen LogP contribution in [0.5, 0.6) is 11.5 Å². The highest BCUT2D eigenvalue weighted by Crippen LogP contribution is 2.33. The van der Waals surface area contributed by atoms with Gasteiger partial charge in [0.05, 0.1) is 13.2 Å². The Morgan fingerprint density at radius 1 is 1.11 bits per heavy atom. The number of para-hydroxylation sites is 1. The van der Waals surface area contributed by atoms with Gasteiger partial charge in [-0.25, -0.2) is 0 Å². The van der Waals surface area contributed by atoms with Gasteiger partial charge in [0, 0.05) is 18.5 Å². The molecule has 0 spiro atoms. The maximum absolute atomic E-state index is 5.83. The predicted octanol–water partition coefficient (Wildman–Crippen LogP) is 3.13. The van der Waals surface area contributed by atoms with Gasteiger partial charge in [-0.15, -0.1) is 0 Å². The zero-order valence-electron chi connectivity index (χ0n) is 11.5. The number of nitrogens with one attached hydrogen (secondary N) is 1. The SMILES string of the molecule is c1cc(CNCCC2CCC2)c2c(c1)OCCCO2. The van der Waals surface area contributed by atoms with Crippen molar-refractivity contribution in [1.82, 2.24) is 5.32 Å². The van der Waals surface area contributed by atoms with Crippen LogP contribution in [-0.4, -0.2) is 19.8 Å². The minimum atomic E-state index is 0.756. The van der Waals surface area contributed by atoms with Crippen molar-refractivity contribution in [1.29, 1.82) is 0 Å². The van der Waals surface area contributed by atoms with Crippen LogP contribution in [0.4, 0.5) is 0 Å². The molecule has 0 bridgehead atoms. The molecule has 2 aliphatic rings. The van der Waals surface area contributed by atoms with Crippen molar-refractivity contribution in [2.24, 2.45) is 5.92 Å². The summed E-state index contributed by atoms with van der Waals surface area (Å²) in [6, 6.07) is 6.18. The lowest BCUT2D eigenvalue weighted by Gasteiger charge is -2.25. The molecule has 0 atom stereocenters. The molecule has 1 aliphatic carbocycles. The number of fused-ring (bicyclic) bond motifs is 1. The Balaban J connectivity index is 1.54. The quantitative estimate of drug-likeness (QED) is 0.826. The summed E-state index contributed by atoms with van der Waals surface area (Å²) in [7, 11) is 0. The van der Waals surface area contributed by atoms with Crippen LogP contribution in [0.25, 0.3) is 0 Å². The van der Waals surface area contributed by atoms with Gasteiger partial charge in [0.2, 0.25) is 0 Å². The van der Waals surface area contributed by atoms with Gasteiger partial charge < -0.3 is 14.8 Å². The van der Waals surface area contributed by atoms with Crippen LogP contribution in [-0.2, 0) is 6.54 Å². The molecular formula is C16H23NO2. The zero-order chi connectivity index (χ0) is 12.9. The fourth-order valence-electron chi connectivity index (χ4n) is 2.70. The van der Waals surface area contributed by atoms with Crippen LogP contribution in [0, 0.1) is 5.92 Å². The first-order valence-corrected chi connectivity index (χ1v) is 7.52. The van der Waals surface area contributed by atoms with E-state index in [1.54, 1.807) is 0 Å². The van der Waals surface area contributed by atoms with E-state index in [0.29, 0.717) is 0 Å². The van der Waals surface area contributed by atoms with Gasteiger partial charge in [-0.1, -0.05) is 31.4 Å². The third kappa shape index (κ3) is 3.21. The summed E-state index contributed by atoms with van der Waals surface area (Å²) in [6.45, 7) is 3.49. The van der Waals surface area contributed by atoms with Crippen molar-refractivity contribution in [2.75, 3.05) is 19.8 Å². The van der Waals surface area contributed by atoms with E-state index < -0.39 is 0 Å². The summed E-state index contributed by atoms with van der Waals surface area (Å²) < 4.78 is 11.5. The van der Waals surface area contributed by atoms with Gasteiger partial charge in [0.25, 0.3) is 0 Å². The molecule has 1 aliphatic heterocycles. The van der Waals surface area contributed by atoms with Crippen molar-refractivity contribution in [3.63, 3.8) is 0 Å². The molecule has 1 N–H and O–H groups in total. The second kappa shape index (κ2) is 6.29. The fourth-order valence-corrected chi connectivity index (χ4v) is 2.70. The van der Waals surface area contributed by atoms with E-state index in [1.165, 1.54) is 31.2 Å². The standard InChI is InChI=1S/C16H23NO2/c1-4-13(5-1)8-9-17-12-14-6-2-7-15-16(14)19-11-3-10-18-15/h2,6-7,13,17H,1,3-5,8-12H2. The molecule has 19 heavy (non-hydrogen) atoms. The molecule has 1 aromatic carbocycles. The normalized spacial score (nSPS) is 18.7. The van der Waals surface area contributed by atoms with Crippen LogP contribution in [0.15, 0.2) is 18.2 Å². The highest BCUT2D eigenvalue weighted by molar-refractivity contribution is 5.46. The molecule has 0 unspecified atom stereocenters. The average Bonchev–Trinajstić information content (AvgIpc) is 2.62. The first-order chi connectivity index (χ1) is 9.43. The van der Waals surface area contributed by atoms with E-state index in [0.717, 1.165) is 50.1 Å². The van der Waals surface area contributed by atoms with E-state index in [9.17, 15) is 0 Å². The topological polar surface area (TPSA) is 30.5 Å². The molecule has 0 radical (unpaired) electrons. The molecule has 0 amide bonds. The predicted molar refractivity (Wildman–Crippen MR) is 75.7 cm³/mol. The lowest BCUT2D eigenvalue weighted by Crippen LogP contribution is -2.21.